The number of hydrogen-bond acceptors (Lipinski definition) is 3. The first-order valence-electron chi connectivity index (χ1n) is 9.57. The molecule has 1 N–H and O–H groups in total. The third-order valence-electron chi connectivity index (χ3n) is 5.94. The maximum Gasteiger partial charge on any atom is 0.323 e. The van der Waals surface area contributed by atoms with Crippen LogP contribution in [-0.2, 0) is 0 Å². The lowest BCUT2D eigenvalue weighted by atomic mass is 9.74. The molecule has 2 fully saturated rings. The van der Waals surface area contributed by atoms with Crippen molar-refractivity contribution in [3.05, 3.63) is 48.5 Å². The van der Waals surface area contributed by atoms with E-state index in [1.165, 1.54) is 0 Å². The number of anilines is 1. The van der Waals surface area contributed by atoms with Crippen LogP contribution < -0.4 is 5.32 Å². The summed E-state index contributed by atoms with van der Waals surface area (Å²) in [4.78, 5) is 23.7. The van der Waals surface area contributed by atoms with E-state index < -0.39 is 0 Å². The summed E-state index contributed by atoms with van der Waals surface area (Å²) < 4.78 is 2.04. The molecule has 0 radical (unpaired) electrons. The minimum absolute atomic E-state index is 0.0285. The highest BCUT2D eigenvalue weighted by atomic mass is 16.2. The number of aryl methyl sites for hydroxylation is 1. The van der Waals surface area contributed by atoms with E-state index in [-0.39, 0.29) is 6.03 Å². The highest BCUT2D eigenvalue weighted by Crippen LogP contribution is 2.41. The van der Waals surface area contributed by atoms with Crippen molar-refractivity contribution in [3.63, 3.8) is 0 Å². The molecule has 3 aromatic rings. The van der Waals surface area contributed by atoms with Crippen molar-refractivity contribution < 1.29 is 4.79 Å². The molecule has 5 heterocycles. The standard InChI is InChI=1S/C21H23N5O/c1-13-6-16-8-17(7-13)26(16)21(27)24-20-9-18(14(2)10-23-20)19-12-25-5-3-4-15(25)11-22-19/h3-5,9-13,16-17H,6-8H2,1-2H3,(H,23,24,27). The summed E-state index contributed by atoms with van der Waals surface area (Å²) >= 11 is 0. The molecule has 0 aliphatic carbocycles. The Hall–Kier alpha value is -2.89. The lowest BCUT2D eigenvalue weighted by molar-refractivity contribution is -0.00603. The van der Waals surface area contributed by atoms with Gasteiger partial charge < -0.3 is 9.30 Å². The van der Waals surface area contributed by atoms with Gasteiger partial charge in [-0.1, -0.05) is 6.92 Å². The van der Waals surface area contributed by atoms with Crippen LogP contribution in [0, 0.1) is 12.8 Å². The lowest BCUT2D eigenvalue weighted by Gasteiger charge is -2.54. The van der Waals surface area contributed by atoms with Crippen molar-refractivity contribution in [2.75, 3.05) is 5.32 Å². The molecule has 0 saturated carbocycles. The minimum atomic E-state index is -0.0285. The molecule has 3 aromatic heterocycles. The topological polar surface area (TPSA) is 62.5 Å². The maximum atomic E-state index is 12.7. The van der Waals surface area contributed by atoms with Crippen molar-refractivity contribution in [2.45, 2.75) is 45.2 Å². The van der Waals surface area contributed by atoms with E-state index in [1.54, 1.807) is 6.20 Å². The highest BCUT2D eigenvalue weighted by molar-refractivity contribution is 5.90. The molecule has 2 aliphatic rings. The predicted molar refractivity (Wildman–Crippen MR) is 105 cm³/mol. The van der Waals surface area contributed by atoms with Gasteiger partial charge in [0.05, 0.1) is 17.4 Å². The molecule has 2 saturated heterocycles. The van der Waals surface area contributed by atoms with E-state index in [1.807, 2.05) is 53.0 Å². The normalized spacial score (nSPS) is 23.9. The molecule has 2 amide bonds. The van der Waals surface area contributed by atoms with Gasteiger partial charge in [0.25, 0.3) is 0 Å². The summed E-state index contributed by atoms with van der Waals surface area (Å²) in [5.41, 5.74) is 3.93. The maximum absolute atomic E-state index is 12.7. The molecule has 6 heteroatoms. The zero-order valence-corrected chi connectivity index (χ0v) is 15.6. The number of rotatable bonds is 2. The SMILES string of the molecule is Cc1cnc(NC(=O)N2C3CC(C)CC2C3)cc1-c1cn2cccc2cn1. The second-order valence-corrected chi connectivity index (χ2v) is 7.95. The van der Waals surface area contributed by atoms with Crippen molar-refractivity contribution in [2.24, 2.45) is 5.92 Å². The summed E-state index contributed by atoms with van der Waals surface area (Å²) in [6, 6.07) is 6.69. The number of fused-ring (bicyclic) bond motifs is 3. The molecule has 5 rings (SSSR count). The Kier molecular flexibility index (Phi) is 3.67. The molecule has 0 aromatic carbocycles. The van der Waals surface area contributed by atoms with Gasteiger partial charge in [0, 0.05) is 36.2 Å². The molecule has 0 spiro atoms. The number of nitrogens with zero attached hydrogens (tertiary/aromatic N) is 4. The number of piperidine rings is 1. The number of aromatic nitrogens is 3. The van der Waals surface area contributed by atoms with Crippen LogP contribution in [0.5, 0.6) is 0 Å². The Balaban J connectivity index is 1.39. The Morgan fingerprint density at radius 2 is 2.00 bits per heavy atom. The molecule has 138 valence electrons. The van der Waals surface area contributed by atoms with Gasteiger partial charge in [0.2, 0.25) is 0 Å². The second-order valence-electron chi connectivity index (χ2n) is 7.95. The zero-order chi connectivity index (χ0) is 18.5. The molecule has 2 unspecified atom stereocenters. The predicted octanol–water partition coefficient (Wildman–Crippen LogP) is 4.11. The van der Waals surface area contributed by atoms with Crippen LogP contribution in [-0.4, -0.2) is 37.4 Å². The average molecular weight is 361 g/mol. The zero-order valence-electron chi connectivity index (χ0n) is 15.6. The largest absolute Gasteiger partial charge is 0.323 e. The van der Waals surface area contributed by atoms with Crippen LogP contribution >= 0.6 is 0 Å². The smallest absolute Gasteiger partial charge is 0.320 e. The third-order valence-corrected chi connectivity index (χ3v) is 5.94. The fraction of sp³-hybridized carbons (Fsp3) is 0.381. The van der Waals surface area contributed by atoms with Crippen LogP contribution in [0.15, 0.2) is 43.0 Å². The lowest BCUT2D eigenvalue weighted by Crippen LogP contribution is -2.63. The Morgan fingerprint density at radius 1 is 1.19 bits per heavy atom. The van der Waals surface area contributed by atoms with Gasteiger partial charge in [-0.15, -0.1) is 0 Å². The summed E-state index contributed by atoms with van der Waals surface area (Å²) in [6.45, 7) is 4.29. The summed E-state index contributed by atoms with van der Waals surface area (Å²) in [5, 5.41) is 3.00. The first-order chi connectivity index (χ1) is 13.1. The number of carbonyl (C=O) groups excluding carboxylic acids is 1. The molecule has 2 bridgehead atoms. The Bertz CT molecular complexity index is 1010. The molecule has 2 atom stereocenters. The van der Waals surface area contributed by atoms with E-state index in [4.69, 9.17) is 0 Å². The molecule has 6 nitrogen and oxygen atoms in total. The minimum Gasteiger partial charge on any atom is -0.320 e. The first kappa shape index (κ1) is 16.3. The molecular formula is C21H23N5O. The number of amides is 2. The quantitative estimate of drug-likeness (QED) is 0.747. The van der Waals surface area contributed by atoms with E-state index >= 15 is 0 Å². The summed E-state index contributed by atoms with van der Waals surface area (Å²) in [7, 11) is 0. The number of pyridine rings is 1. The van der Waals surface area contributed by atoms with Crippen LogP contribution in [0.3, 0.4) is 0 Å². The molecular weight excluding hydrogens is 338 g/mol. The monoisotopic (exact) mass is 361 g/mol. The number of carbonyl (C=O) groups is 1. The van der Waals surface area contributed by atoms with Crippen molar-refractivity contribution in [1.29, 1.82) is 0 Å². The summed E-state index contributed by atoms with van der Waals surface area (Å²) in [5.74, 6) is 1.30. The molecule has 2 aliphatic heterocycles. The number of hydrogen-bond donors (Lipinski definition) is 1. The number of urea groups is 1. The van der Waals surface area contributed by atoms with Gasteiger partial charge in [0.1, 0.15) is 5.82 Å². The van der Waals surface area contributed by atoms with Crippen molar-refractivity contribution in [3.8, 4) is 11.3 Å². The first-order valence-corrected chi connectivity index (χ1v) is 9.57. The number of nitrogens with one attached hydrogen (secondary N) is 1. The van der Waals surface area contributed by atoms with Gasteiger partial charge in [-0.05, 0) is 55.9 Å². The molecule has 27 heavy (non-hydrogen) atoms. The average Bonchev–Trinajstić information content (AvgIpc) is 3.10. The van der Waals surface area contributed by atoms with E-state index in [9.17, 15) is 4.79 Å². The van der Waals surface area contributed by atoms with Gasteiger partial charge in [0.15, 0.2) is 0 Å². The van der Waals surface area contributed by atoms with Gasteiger partial charge in [-0.3, -0.25) is 10.3 Å². The van der Waals surface area contributed by atoms with E-state index in [0.717, 1.165) is 47.5 Å². The highest BCUT2D eigenvalue weighted by Gasteiger charge is 2.46. The third kappa shape index (κ3) is 2.76. The fourth-order valence-corrected chi connectivity index (χ4v) is 4.59. The van der Waals surface area contributed by atoms with E-state index in [0.29, 0.717) is 17.9 Å². The van der Waals surface area contributed by atoms with E-state index in [2.05, 4.69) is 22.2 Å². The van der Waals surface area contributed by atoms with Crippen LogP contribution in [0.4, 0.5) is 10.6 Å². The van der Waals surface area contributed by atoms with Crippen LogP contribution in [0.2, 0.25) is 0 Å². The Labute approximate surface area is 158 Å². The second kappa shape index (κ2) is 6.08. The van der Waals surface area contributed by atoms with Crippen molar-refractivity contribution >= 4 is 17.4 Å². The fourth-order valence-electron chi connectivity index (χ4n) is 4.59. The van der Waals surface area contributed by atoms with Crippen molar-refractivity contribution in [1.82, 2.24) is 19.3 Å². The van der Waals surface area contributed by atoms with Gasteiger partial charge in [-0.2, -0.15) is 0 Å². The van der Waals surface area contributed by atoms with Gasteiger partial charge >= 0.3 is 6.03 Å². The van der Waals surface area contributed by atoms with Crippen LogP contribution in [0.25, 0.3) is 16.8 Å². The Morgan fingerprint density at radius 3 is 2.81 bits per heavy atom. The van der Waals surface area contributed by atoms with Crippen LogP contribution in [0.1, 0.15) is 31.7 Å². The summed E-state index contributed by atoms with van der Waals surface area (Å²) in [6.07, 6.45) is 11.0. The van der Waals surface area contributed by atoms with Gasteiger partial charge in [-0.25, -0.2) is 9.78 Å².